The Hall–Kier alpha value is -1.84. The molecule has 1 rings (SSSR count). The lowest BCUT2D eigenvalue weighted by Gasteiger charge is -2.22. The summed E-state index contributed by atoms with van der Waals surface area (Å²) in [4.78, 5) is 27.1. The highest BCUT2D eigenvalue weighted by Crippen LogP contribution is 2.18. The number of thiazole rings is 1. The predicted molar refractivity (Wildman–Crippen MR) is 69.3 cm³/mol. The van der Waals surface area contributed by atoms with Gasteiger partial charge in [-0.05, 0) is 13.8 Å². The van der Waals surface area contributed by atoms with Crippen molar-refractivity contribution in [3.63, 3.8) is 0 Å². The third-order valence-corrected chi connectivity index (χ3v) is 3.61. The average Bonchev–Trinajstić information content (AvgIpc) is 2.73. The zero-order valence-electron chi connectivity index (χ0n) is 11.3. The molecule has 0 atom stereocenters. The van der Waals surface area contributed by atoms with Crippen LogP contribution in [-0.2, 0) is 6.54 Å². The van der Waals surface area contributed by atoms with Crippen LogP contribution in [-0.4, -0.2) is 46.3 Å². The number of carboxylic acid groups (broad SMARTS) is 1. The molecule has 0 aliphatic heterocycles. The molecule has 6 nitrogen and oxygen atoms in total. The van der Waals surface area contributed by atoms with Crippen LogP contribution in [0.4, 0.5) is 18.0 Å². The molecule has 1 aromatic rings. The molecule has 118 valence electrons. The van der Waals surface area contributed by atoms with E-state index in [9.17, 15) is 22.8 Å². The van der Waals surface area contributed by atoms with Gasteiger partial charge in [-0.2, -0.15) is 13.2 Å². The number of aryl methyl sites for hydroxylation is 1. The van der Waals surface area contributed by atoms with Crippen LogP contribution in [0.3, 0.4) is 0 Å². The molecule has 2 N–H and O–H groups in total. The number of hydrogen-bond acceptors (Lipinski definition) is 4. The van der Waals surface area contributed by atoms with Crippen LogP contribution < -0.4 is 5.32 Å². The number of aromatic carboxylic acids is 1. The maximum atomic E-state index is 12.3. The summed E-state index contributed by atoms with van der Waals surface area (Å²) in [5.41, 5.74) is 0.305. The first-order valence-electron chi connectivity index (χ1n) is 5.93. The topological polar surface area (TPSA) is 82.5 Å². The molecule has 0 aromatic carbocycles. The van der Waals surface area contributed by atoms with Crippen molar-refractivity contribution in [1.82, 2.24) is 15.2 Å². The van der Waals surface area contributed by atoms with Crippen LogP contribution in [0.1, 0.15) is 27.3 Å². The van der Waals surface area contributed by atoms with Crippen LogP contribution >= 0.6 is 11.3 Å². The van der Waals surface area contributed by atoms with Gasteiger partial charge in [-0.15, -0.1) is 11.3 Å². The molecule has 0 aliphatic rings. The van der Waals surface area contributed by atoms with Crippen molar-refractivity contribution in [2.75, 3.05) is 13.1 Å². The van der Waals surface area contributed by atoms with Gasteiger partial charge in [0.1, 0.15) is 16.4 Å². The normalized spacial score (nSPS) is 11.3. The van der Waals surface area contributed by atoms with Gasteiger partial charge in [0.05, 0.1) is 12.2 Å². The monoisotopic (exact) mass is 325 g/mol. The van der Waals surface area contributed by atoms with E-state index in [2.05, 4.69) is 10.3 Å². The molecule has 0 bridgehead atoms. The number of alkyl halides is 3. The first-order chi connectivity index (χ1) is 9.64. The Morgan fingerprint density at radius 3 is 2.48 bits per heavy atom. The fourth-order valence-corrected chi connectivity index (χ4v) is 2.38. The third kappa shape index (κ3) is 5.21. The summed E-state index contributed by atoms with van der Waals surface area (Å²) >= 11 is 0.876. The first kappa shape index (κ1) is 17.2. The molecule has 0 spiro atoms. The number of halogens is 3. The number of nitrogens with zero attached hydrogens (tertiary/aromatic N) is 2. The van der Waals surface area contributed by atoms with E-state index in [0.717, 1.165) is 11.3 Å². The quantitative estimate of drug-likeness (QED) is 0.870. The maximum Gasteiger partial charge on any atom is 0.406 e. The number of carboxylic acids is 1. The average molecular weight is 325 g/mol. The predicted octanol–water partition coefficient (Wildman–Crippen LogP) is 2.24. The van der Waals surface area contributed by atoms with Crippen molar-refractivity contribution < 1.29 is 27.9 Å². The number of aromatic nitrogens is 1. The van der Waals surface area contributed by atoms with E-state index in [0.29, 0.717) is 15.6 Å². The van der Waals surface area contributed by atoms with Gasteiger partial charge in [0.2, 0.25) is 0 Å². The molecule has 0 saturated heterocycles. The minimum atomic E-state index is -4.47. The largest absolute Gasteiger partial charge is 0.477 e. The molecule has 0 saturated carbocycles. The van der Waals surface area contributed by atoms with Gasteiger partial charge in [-0.3, -0.25) is 0 Å². The van der Waals surface area contributed by atoms with E-state index in [1.807, 2.05) is 0 Å². The molecule has 1 heterocycles. The van der Waals surface area contributed by atoms with E-state index >= 15 is 0 Å². The van der Waals surface area contributed by atoms with Gasteiger partial charge in [0.25, 0.3) is 0 Å². The minimum Gasteiger partial charge on any atom is -0.477 e. The summed E-state index contributed by atoms with van der Waals surface area (Å²) in [6.45, 7) is 1.38. The van der Waals surface area contributed by atoms with Gasteiger partial charge >= 0.3 is 18.2 Å². The maximum absolute atomic E-state index is 12.3. The van der Waals surface area contributed by atoms with Crippen LogP contribution in [0, 0.1) is 6.92 Å². The van der Waals surface area contributed by atoms with Crippen molar-refractivity contribution in [2.24, 2.45) is 0 Å². The fourth-order valence-electron chi connectivity index (χ4n) is 1.53. The smallest absolute Gasteiger partial charge is 0.406 e. The highest BCUT2D eigenvalue weighted by Gasteiger charge is 2.32. The first-order valence-corrected chi connectivity index (χ1v) is 6.74. The van der Waals surface area contributed by atoms with Crippen LogP contribution in [0.25, 0.3) is 0 Å². The number of urea groups is 1. The molecule has 0 radical (unpaired) electrons. The summed E-state index contributed by atoms with van der Waals surface area (Å²) in [5, 5.41) is 11.5. The second-order valence-corrected chi connectivity index (χ2v) is 5.20. The van der Waals surface area contributed by atoms with Gasteiger partial charge in [-0.1, -0.05) is 0 Å². The Bertz CT molecular complexity index is 531. The van der Waals surface area contributed by atoms with Crippen LogP contribution in [0.15, 0.2) is 0 Å². The zero-order chi connectivity index (χ0) is 16.2. The van der Waals surface area contributed by atoms with E-state index in [4.69, 9.17) is 5.11 Å². The van der Waals surface area contributed by atoms with Gasteiger partial charge in [-0.25, -0.2) is 14.6 Å². The third-order valence-electron chi connectivity index (χ3n) is 2.47. The number of nitrogens with one attached hydrogen (secondary N) is 1. The lowest BCUT2D eigenvalue weighted by molar-refractivity contribution is -0.139. The van der Waals surface area contributed by atoms with Crippen molar-refractivity contribution in [1.29, 1.82) is 0 Å². The molecule has 0 unspecified atom stereocenters. The second-order valence-electron chi connectivity index (χ2n) is 4.12. The second kappa shape index (κ2) is 6.74. The van der Waals surface area contributed by atoms with E-state index < -0.39 is 24.7 Å². The molecule has 0 aliphatic carbocycles. The Morgan fingerprint density at radius 1 is 1.43 bits per heavy atom. The lowest BCUT2D eigenvalue weighted by Crippen LogP contribution is -2.44. The Morgan fingerprint density at radius 2 is 2.05 bits per heavy atom. The number of amides is 2. The summed E-state index contributed by atoms with van der Waals surface area (Å²) in [7, 11) is 0. The van der Waals surface area contributed by atoms with E-state index in [-0.39, 0.29) is 18.0 Å². The van der Waals surface area contributed by atoms with Crippen LogP contribution in [0.5, 0.6) is 0 Å². The highest BCUT2D eigenvalue weighted by atomic mass is 32.1. The van der Waals surface area contributed by atoms with Crippen LogP contribution in [0.2, 0.25) is 0 Å². The number of rotatable bonds is 5. The molecule has 0 fully saturated rings. The van der Waals surface area contributed by atoms with Gasteiger partial charge in [0.15, 0.2) is 0 Å². The molecule has 10 heteroatoms. The Balaban J connectivity index is 2.63. The van der Waals surface area contributed by atoms with Gasteiger partial charge < -0.3 is 15.3 Å². The molecule has 2 amide bonds. The van der Waals surface area contributed by atoms with Crippen molar-refractivity contribution >= 4 is 23.3 Å². The van der Waals surface area contributed by atoms with Crippen molar-refractivity contribution in [3.8, 4) is 0 Å². The van der Waals surface area contributed by atoms with Gasteiger partial charge in [0, 0.05) is 6.54 Å². The number of carbonyl (C=O) groups is 2. The summed E-state index contributed by atoms with van der Waals surface area (Å²) in [5.74, 6) is -1.13. The summed E-state index contributed by atoms with van der Waals surface area (Å²) in [6, 6.07) is -0.875. The minimum absolute atomic E-state index is 0.0434. The molecule has 21 heavy (non-hydrogen) atoms. The molecular weight excluding hydrogens is 311 g/mol. The Kier molecular flexibility index (Phi) is 5.53. The highest BCUT2D eigenvalue weighted by molar-refractivity contribution is 7.13. The van der Waals surface area contributed by atoms with E-state index in [1.54, 1.807) is 0 Å². The number of carbonyl (C=O) groups excluding carboxylic acids is 1. The lowest BCUT2D eigenvalue weighted by atomic mass is 10.4. The Labute approximate surface area is 122 Å². The molecular formula is C11H14F3N3O3S. The fraction of sp³-hybridized carbons (Fsp3) is 0.545. The van der Waals surface area contributed by atoms with Crippen molar-refractivity contribution in [3.05, 3.63) is 15.6 Å². The summed E-state index contributed by atoms with van der Waals surface area (Å²) < 4.78 is 36.8. The van der Waals surface area contributed by atoms with Crippen molar-refractivity contribution in [2.45, 2.75) is 26.6 Å². The van der Waals surface area contributed by atoms with E-state index in [1.165, 1.54) is 13.8 Å². The number of hydrogen-bond donors (Lipinski definition) is 2. The standard InChI is InChI=1S/C11H14F3N3O3S/c1-3-17(5-11(12,13)14)10(20)15-4-7-16-6(2)8(21-7)9(18)19/h3-5H2,1-2H3,(H,15,20)(H,18,19). The summed E-state index contributed by atoms with van der Waals surface area (Å²) in [6.07, 6.45) is -4.47. The molecule has 1 aromatic heterocycles. The SMILES string of the molecule is CCN(CC(F)(F)F)C(=O)NCc1nc(C)c(C(=O)O)s1. The zero-order valence-corrected chi connectivity index (χ0v) is 12.1.